The van der Waals surface area contributed by atoms with Gasteiger partial charge in [-0.15, -0.1) is 0 Å². The van der Waals surface area contributed by atoms with Crippen LogP contribution < -0.4 is 5.73 Å². The molecule has 12 heavy (non-hydrogen) atoms. The van der Waals surface area contributed by atoms with Gasteiger partial charge in [0.05, 0.1) is 11.5 Å². The highest BCUT2D eigenvalue weighted by molar-refractivity contribution is 6.31. The SMILES string of the molecule is CC(N)=Nc1cccc(Cl)c1C. The molecule has 0 amide bonds. The summed E-state index contributed by atoms with van der Waals surface area (Å²) in [5.41, 5.74) is 7.25. The molecule has 3 heteroatoms. The van der Waals surface area contributed by atoms with Gasteiger partial charge in [0.15, 0.2) is 0 Å². The van der Waals surface area contributed by atoms with Crippen molar-refractivity contribution in [1.82, 2.24) is 0 Å². The van der Waals surface area contributed by atoms with Crippen LogP contribution in [0.2, 0.25) is 5.02 Å². The summed E-state index contributed by atoms with van der Waals surface area (Å²) in [6.07, 6.45) is 0. The van der Waals surface area contributed by atoms with Crippen molar-refractivity contribution >= 4 is 23.1 Å². The summed E-state index contributed by atoms with van der Waals surface area (Å²) in [5, 5.41) is 0.720. The second-order valence-electron chi connectivity index (χ2n) is 2.64. The van der Waals surface area contributed by atoms with E-state index in [0.717, 1.165) is 16.3 Å². The van der Waals surface area contributed by atoms with E-state index in [1.54, 1.807) is 6.92 Å². The van der Waals surface area contributed by atoms with Crippen molar-refractivity contribution in [3.05, 3.63) is 28.8 Å². The van der Waals surface area contributed by atoms with Crippen LogP contribution in [0.3, 0.4) is 0 Å². The van der Waals surface area contributed by atoms with Gasteiger partial charge in [0, 0.05) is 5.02 Å². The molecule has 0 aromatic heterocycles. The van der Waals surface area contributed by atoms with Gasteiger partial charge in [-0.2, -0.15) is 0 Å². The van der Waals surface area contributed by atoms with E-state index in [2.05, 4.69) is 4.99 Å². The average Bonchev–Trinajstić information content (AvgIpc) is 1.98. The summed E-state index contributed by atoms with van der Waals surface area (Å²) in [7, 11) is 0. The Labute approximate surface area is 77.1 Å². The largest absolute Gasteiger partial charge is 0.387 e. The number of halogens is 1. The third-order valence-corrected chi connectivity index (χ3v) is 1.95. The molecule has 0 aliphatic heterocycles. The van der Waals surface area contributed by atoms with Crippen LogP contribution >= 0.6 is 11.6 Å². The third kappa shape index (κ3) is 1.98. The summed E-state index contributed by atoms with van der Waals surface area (Å²) in [6.45, 7) is 3.67. The van der Waals surface area contributed by atoms with Crippen molar-refractivity contribution in [2.75, 3.05) is 0 Å². The molecule has 0 spiro atoms. The Morgan fingerprint density at radius 2 is 2.17 bits per heavy atom. The topological polar surface area (TPSA) is 38.4 Å². The molecule has 0 heterocycles. The molecular weight excluding hydrogens is 172 g/mol. The summed E-state index contributed by atoms with van der Waals surface area (Å²) in [6, 6.07) is 5.58. The van der Waals surface area contributed by atoms with E-state index in [9.17, 15) is 0 Å². The van der Waals surface area contributed by atoms with Crippen molar-refractivity contribution in [2.24, 2.45) is 10.7 Å². The summed E-state index contributed by atoms with van der Waals surface area (Å²) < 4.78 is 0. The van der Waals surface area contributed by atoms with Gasteiger partial charge in [0.25, 0.3) is 0 Å². The first-order valence-electron chi connectivity index (χ1n) is 3.67. The van der Waals surface area contributed by atoms with E-state index < -0.39 is 0 Å². The van der Waals surface area contributed by atoms with E-state index in [1.807, 2.05) is 25.1 Å². The number of nitrogens with zero attached hydrogens (tertiary/aromatic N) is 1. The van der Waals surface area contributed by atoms with Crippen molar-refractivity contribution in [3.8, 4) is 0 Å². The molecule has 0 atom stereocenters. The maximum atomic E-state index is 5.89. The first-order chi connectivity index (χ1) is 5.61. The highest BCUT2D eigenvalue weighted by Crippen LogP contribution is 2.25. The van der Waals surface area contributed by atoms with Gasteiger partial charge in [0.2, 0.25) is 0 Å². The monoisotopic (exact) mass is 182 g/mol. The predicted molar refractivity (Wildman–Crippen MR) is 53.1 cm³/mol. The van der Waals surface area contributed by atoms with Crippen LogP contribution in [0.5, 0.6) is 0 Å². The van der Waals surface area contributed by atoms with Crippen LogP contribution in [0.25, 0.3) is 0 Å². The van der Waals surface area contributed by atoms with Gasteiger partial charge in [-0.1, -0.05) is 17.7 Å². The second-order valence-corrected chi connectivity index (χ2v) is 3.04. The fourth-order valence-electron chi connectivity index (χ4n) is 0.907. The fourth-order valence-corrected chi connectivity index (χ4v) is 1.08. The molecule has 1 aromatic carbocycles. The minimum Gasteiger partial charge on any atom is -0.387 e. The lowest BCUT2D eigenvalue weighted by Crippen LogP contribution is -2.04. The number of benzene rings is 1. The molecule has 0 radical (unpaired) electrons. The first-order valence-corrected chi connectivity index (χ1v) is 4.05. The van der Waals surface area contributed by atoms with Crippen LogP contribution in [-0.4, -0.2) is 5.84 Å². The maximum absolute atomic E-state index is 5.89. The zero-order valence-electron chi connectivity index (χ0n) is 7.13. The predicted octanol–water partition coefficient (Wildman–Crippen LogP) is 2.66. The minimum atomic E-state index is 0.542. The molecule has 2 nitrogen and oxygen atoms in total. The van der Waals surface area contributed by atoms with Crippen molar-refractivity contribution < 1.29 is 0 Å². The highest BCUT2D eigenvalue weighted by Gasteiger charge is 1.99. The molecular formula is C9H11ClN2. The van der Waals surface area contributed by atoms with Crippen LogP contribution in [-0.2, 0) is 0 Å². The Morgan fingerprint density at radius 3 is 2.75 bits per heavy atom. The molecule has 0 saturated heterocycles. The smallest absolute Gasteiger partial charge is 0.0965 e. The molecule has 0 bridgehead atoms. The molecule has 0 aliphatic carbocycles. The average molecular weight is 183 g/mol. The molecule has 1 rings (SSSR count). The molecule has 0 fully saturated rings. The van der Waals surface area contributed by atoms with Crippen LogP contribution in [0, 0.1) is 6.92 Å². The fraction of sp³-hybridized carbons (Fsp3) is 0.222. The quantitative estimate of drug-likeness (QED) is 0.526. The Morgan fingerprint density at radius 1 is 1.50 bits per heavy atom. The van der Waals surface area contributed by atoms with E-state index in [4.69, 9.17) is 17.3 Å². The van der Waals surface area contributed by atoms with Gasteiger partial charge < -0.3 is 5.73 Å². The number of rotatable bonds is 1. The van der Waals surface area contributed by atoms with Crippen LogP contribution in [0.4, 0.5) is 5.69 Å². The Hall–Kier alpha value is -1.02. The zero-order chi connectivity index (χ0) is 9.14. The normalized spacial score (nSPS) is 11.8. The van der Waals surface area contributed by atoms with Crippen molar-refractivity contribution in [2.45, 2.75) is 13.8 Å². The summed E-state index contributed by atoms with van der Waals surface area (Å²) in [5.74, 6) is 0.542. The second kappa shape index (κ2) is 3.59. The standard InChI is InChI=1S/C9H11ClN2/c1-6-8(10)4-3-5-9(6)12-7(2)11/h3-5H,1-2H3,(H2,11,12). The lowest BCUT2D eigenvalue weighted by atomic mass is 10.2. The van der Waals surface area contributed by atoms with Gasteiger partial charge in [-0.05, 0) is 31.5 Å². The number of nitrogens with two attached hydrogens (primary N) is 1. The Kier molecular flexibility index (Phi) is 2.71. The number of hydrogen-bond acceptors (Lipinski definition) is 1. The molecule has 2 N–H and O–H groups in total. The molecule has 0 unspecified atom stereocenters. The molecule has 0 saturated carbocycles. The number of aliphatic imine (C=N–C) groups is 1. The van der Waals surface area contributed by atoms with E-state index in [-0.39, 0.29) is 0 Å². The summed E-state index contributed by atoms with van der Waals surface area (Å²) in [4.78, 5) is 4.13. The third-order valence-electron chi connectivity index (χ3n) is 1.54. The van der Waals surface area contributed by atoms with Gasteiger partial charge in [-0.25, -0.2) is 4.99 Å². The Bertz CT molecular complexity index is 314. The van der Waals surface area contributed by atoms with Crippen LogP contribution in [0.15, 0.2) is 23.2 Å². The lowest BCUT2D eigenvalue weighted by Gasteiger charge is -2.01. The Balaban J connectivity index is 3.17. The number of hydrogen-bond donors (Lipinski definition) is 1. The van der Waals surface area contributed by atoms with Gasteiger partial charge >= 0.3 is 0 Å². The molecule has 0 aliphatic rings. The minimum absolute atomic E-state index is 0.542. The van der Waals surface area contributed by atoms with Crippen molar-refractivity contribution in [1.29, 1.82) is 0 Å². The summed E-state index contributed by atoms with van der Waals surface area (Å²) >= 11 is 5.89. The zero-order valence-corrected chi connectivity index (χ0v) is 7.89. The van der Waals surface area contributed by atoms with E-state index >= 15 is 0 Å². The molecule has 1 aromatic rings. The van der Waals surface area contributed by atoms with Gasteiger partial charge in [-0.3, -0.25) is 0 Å². The van der Waals surface area contributed by atoms with E-state index in [1.165, 1.54) is 0 Å². The number of amidine groups is 1. The maximum Gasteiger partial charge on any atom is 0.0965 e. The van der Waals surface area contributed by atoms with Crippen molar-refractivity contribution in [3.63, 3.8) is 0 Å². The van der Waals surface area contributed by atoms with Crippen LogP contribution in [0.1, 0.15) is 12.5 Å². The van der Waals surface area contributed by atoms with E-state index in [0.29, 0.717) is 5.84 Å². The first kappa shape index (κ1) is 9.07. The highest BCUT2D eigenvalue weighted by atomic mass is 35.5. The van der Waals surface area contributed by atoms with Gasteiger partial charge in [0.1, 0.15) is 0 Å². The molecule has 64 valence electrons. The lowest BCUT2D eigenvalue weighted by molar-refractivity contribution is 1.37.